The van der Waals surface area contributed by atoms with Crippen molar-refractivity contribution in [2.24, 2.45) is 0 Å². The molecule has 1 fully saturated rings. The summed E-state index contributed by atoms with van der Waals surface area (Å²) in [4.78, 5) is 13.4. The second kappa shape index (κ2) is 9.42. The number of nitrogens with two attached hydrogens (primary N) is 1. The zero-order valence-electron chi connectivity index (χ0n) is 20.7. The van der Waals surface area contributed by atoms with Crippen LogP contribution in [-0.2, 0) is 5.92 Å². The third kappa shape index (κ3) is 4.41. The van der Waals surface area contributed by atoms with Crippen molar-refractivity contribution in [1.82, 2.24) is 34.7 Å². The molecule has 0 aliphatic carbocycles. The summed E-state index contributed by atoms with van der Waals surface area (Å²) in [5.74, 6) is -3.69. The Labute approximate surface area is 217 Å². The number of hydrogen-bond acceptors (Lipinski definition) is 8. The molecular formula is C27H25F2N9. The van der Waals surface area contributed by atoms with Crippen LogP contribution in [0.5, 0.6) is 0 Å². The number of nitrogen functional groups attached to an aromatic ring is 1. The van der Waals surface area contributed by atoms with Gasteiger partial charge in [-0.2, -0.15) is 18.4 Å². The van der Waals surface area contributed by atoms with Gasteiger partial charge in [-0.05, 0) is 37.4 Å². The second-order valence-electron chi connectivity index (χ2n) is 9.35. The Morgan fingerprint density at radius 2 is 1.58 bits per heavy atom. The summed E-state index contributed by atoms with van der Waals surface area (Å²) < 4.78 is 32.8. The van der Waals surface area contributed by atoms with E-state index < -0.39 is 11.7 Å². The summed E-state index contributed by atoms with van der Waals surface area (Å²) in [7, 11) is 2.09. The molecule has 0 atom stereocenters. The molecule has 0 bridgehead atoms. The van der Waals surface area contributed by atoms with Gasteiger partial charge in [0, 0.05) is 48.6 Å². The van der Waals surface area contributed by atoms with E-state index in [1.165, 1.54) is 12.1 Å². The Morgan fingerprint density at radius 1 is 0.842 bits per heavy atom. The van der Waals surface area contributed by atoms with Crippen LogP contribution in [0.15, 0.2) is 73.1 Å². The van der Waals surface area contributed by atoms with Crippen LogP contribution < -0.4 is 10.6 Å². The first kappa shape index (κ1) is 23.9. The minimum atomic E-state index is -3.48. The maximum Gasteiger partial charge on any atom is 0.333 e. The monoisotopic (exact) mass is 513 g/mol. The molecule has 4 heterocycles. The molecule has 38 heavy (non-hydrogen) atoms. The Balaban J connectivity index is 1.31. The van der Waals surface area contributed by atoms with Crippen LogP contribution in [0.1, 0.15) is 11.4 Å². The number of halogens is 2. The quantitative estimate of drug-likeness (QED) is 0.355. The van der Waals surface area contributed by atoms with Gasteiger partial charge in [0.1, 0.15) is 0 Å². The van der Waals surface area contributed by atoms with Gasteiger partial charge in [0.25, 0.3) is 0 Å². The van der Waals surface area contributed by atoms with E-state index in [0.29, 0.717) is 28.3 Å². The number of anilines is 2. The molecule has 0 saturated carbocycles. The van der Waals surface area contributed by atoms with Crippen molar-refractivity contribution in [2.75, 3.05) is 43.9 Å². The topological polar surface area (TPSA) is 101 Å². The Bertz CT molecular complexity index is 1590. The van der Waals surface area contributed by atoms with E-state index in [4.69, 9.17) is 5.73 Å². The molecule has 3 aromatic heterocycles. The van der Waals surface area contributed by atoms with Gasteiger partial charge in [0.15, 0.2) is 11.5 Å². The molecule has 1 aliphatic rings. The van der Waals surface area contributed by atoms with E-state index in [-0.39, 0.29) is 11.2 Å². The highest BCUT2D eigenvalue weighted by Gasteiger charge is 2.40. The zero-order chi connectivity index (χ0) is 26.3. The summed E-state index contributed by atoms with van der Waals surface area (Å²) in [6.45, 7) is 3.71. The third-order valence-corrected chi connectivity index (χ3v) is 6.72. The van der Waals surface area contributed by atoms with Crippen molar-refractivity contribution in [3.05, 3.63) is 84.4 Å². The van der Waals surface area contributed by atoms with E-state index >= 15 is 8.78 Å². The average molecular weight is 514 g/mol. The molecule has 0 spiro atoms. The molecule has 2 aromatic carbocycles. The molecular weight excluding hydrogens is 488 g/mol. The van der Waals surface area contributed by atoms with Gasteiger partial charge in [-0.3, -0.25) is 0 Å². The number of aromatic nitrogens is 6. The SMILES string of the molecule is CN1CCN(c2cnc(-c3cccc(C(F)(F)c4nnc5ccc(-c6cccc(N)c6)nn45)c3)nc2)CC1. The van der Waals surface area contributed by atoms with Gasteiger partial charge >= 0.3 is 5.92 Å². The fourth-order valence-electron chi connectivity index (χ4n) is 4.52. The lowest BCUT2D eigenvalue weighted by Gasteiger charge is -2.33. The van der Waals surface area contributed by atoms with Crippen molar-refractivity contribution < 1.29 is 8.78 Å². The lowest BCUT2D eigenvalue weighted by molar-refractivity contribution is 0.0307. The van der Waals surface area contributed by atoms with E-state index in [1.54, 1.807) is 54.9 Å². The predicted octanol–water partition coefficient (Wildman–Crippen LogP) is 3.72. The van der Waals surface area contributed by atoms with Crippen LogP contribution in [0.25, 0.3) is 28.3 Å². The third-order valence-electron chi connectivity index (χ3n) is 6.72. The van der Waals surface area contributed by atoms with Gasteiger partial charge in [0.05, 0.1) is 23.8 Å². The first-order valence-electron chi connectivity index (χ1n) is 12.2. The number of benzene rings is 2. The van der Waals surface area contributed by atoms with E-state index in [9.17, 15) is 0 Å². The minimum absolute atomic E-state index is 0.214. The standard InChI is InChI=1S/C27H25F2N9/c1-36-10-12-37(13-11-36)22-16-31-25(32-17-22)19-5-2-6-20(14-19)27(28,29)26-34-33-24-9-8-23(35-38(24)26)18-4-3-7-21(30)15-18/h2-9,14-17H,10-13,30H2,1H3. The molecule has 1 aliphatic heterocycles. The summed E-state index contributed by atoms with van der Waals surface area (Å²) >= 11 is 0. The molecule has 6 rings (SSSR count). The highest BCUT2D eigenvalue weighted by molar-refractivity contribution is 5.65. The molecule has 0 radical (unpaired) electrons. The number of hydrogen-bond donors (Lipinski definition) is 1. The fourth-order valence-corrected chi connectivity index (χ4v) is 4.52. The molecule has 0 unspecified atom stereocenters. The molecule has 192 valence electrons. The molecule has 5 aromatic rings. The first-order valence-corrected chi connectivity index (χ1v) is 12.2. The molecule has 1 saturated heterocycles. The molecule has 2 N–H and O–H groups in total. The number of rotatable bonds is 5. The fraction of sp³-hybridized carbons (Fsp3) is 0.222. The van der Waals surface area contributed by atoms with Crippen LogP contribution >= 0.6 is 0 Å². The Kier molecular flexibility index (Phi) is 5.91. The summed E-state index contributed by atoms with van der Waals surface area (Å²) in [5, 5.41) is 12.1. The summed E-state index contributed by atoms with van der Waals surface area (Å²) in [6, 6.07) is 16.4. The molecule has 9 nitrogen and oxygen atoms in total. The van der Waals surface area contributed by atoms with Crippen molar-refractivity contribution in [3.8, 4) is 22.6 Å². The van der Waals surface area contributed by atoms with Gasteiger partial charge < -0.3 is 15.5 Å². The van der Waals surface area contributed by atoms with Crippen molar-refractivity contribution in [3.63, 3.8) is 0 Å². The van der Waals surface area contributed by atoms with Gasteiger partial charge in [-0.1, -0.05) is 30.3 Å². The highest BCUT2D eigenvalue weighted by Crippen LogP contribution is 2.36. The van der Waals surface area contributed by atoms with Crippen molar-refractivity contribution in [1.29, 1.82) is 0 Å². The van der Waals surface area contributed by atoms with Crippen LogP contribution in [0.3, 0.4) is 0 Å². The lowest BCUT2D eigenvalue weighted by atomic mass is 10.0. The Morgan fingerprint density at radius 3 is 2.34 bits per heavy atom. The van der Waals surface area contributed by atoms with Crippen molar-refractivity contribution >= 4 is 17.0 Å². The summed E-state index contributed by atoms with van der Waals surface area (Å²) in [5.41, 5.74) is 8.97. The minimum Gasteiger partial charge on any atom is -0.399 e. The first-order chi connectivity index (χ1) is 18.4. The maximum absolute atomic E-state index is 15.8. The number of fused-ring (bicyclic) bond motifs is 1. The Hall–Kier alpha value is -4.51. The lowest BCUT2D eigenvalue weighted by Crippen LogP contribution is -2.44. The van der Waals surface area contributed by atoms with Crippen LogP contribution in [0, 0.1) is 0 Å². The number of alkyl halides is 2. The largest absolute Gasteiger partial charge is 0.399 e. The van der Waals surface area contributed by atoms with Crippen molar-refractivity contribution in [2.45, 2.75) is 5.92 Å². The van der Waals surface area contributed by atoms with Crippen LogP contribution in [0.2, 0.25) is 0 Å². The molecule has 0 amide bonds. The maximum atomic E-state index is 15.8. The average Bonchev–Trinajstić information content (AvgIpc) is 3.38. The number of piperazine rings is 1. The second-order valence-corrected chi connectivity index (χ2v) is 9.35. The van der Waals surface area contributed by atoms with Gasteiger partial charge in [0.2, 0.25) is 5.82 Å². The zero-order valence-corrected chi connectivity index (χ0v) is 20.7. The van der Waals surface area contributed by atoms with E-state index in [2.05, 4.69) is 42.1 Å². The van der Waals surface area contributed by atoms with Gasteiger partial charge in [-0.15, -0.1) is 10.2 Å². The van der Waals surface area contributed by atoms with Crippen LogP contribution in [-0.4, -0.2) is 67.9 Å². The normalized spacial score (nSPS) is 14.8. The number of nitrogens with zero attached hydrogens (tertiary/aromatic N) is 8. The smallest absolute Gasteiger partial charge is 0.333 e. The predicted molar refractivity (Wildman–Crippen MR) is 141 cm³/mol. The van der Waals surface area contributed by atoms with Gasteiger partial charge in [-0.25, -0.2) is 9.97 Å². The number of likely N-dealkylation sites (N-methyl/N-ethyl adjacent to an activating group) is 1. The highest BCUT2D eigenvalue weighted by atomic mass is 19.3. The van der Waals surface area contributed by atoms with Crippen LogP contribution in [0.4, 0.5) is 20.2 Å². The molecule has 11 heteroatoms. The van der Waals surface area contributed by atoms with E-state index in [0.717, 1.165) is 36.4 Å². The summed E-state index contributed by atoms with van der Waals surface area (Å²) in [6.07, 6.45) is 3.48. The van der Waals surface area contributed by atoms with E-state index in [1.807, 2.05) is 6.07 Å².